The first-order chi connectivity index (χ1) is 4.83. The second kappa shape index (κ2) is 29.5. The first-order valence-corrected chi connectivity index (χ1v) is 4.41. The van der Waals surface area contributed by atoms with E-state index in [1.165, 1.54) is 25.7 Å². The van der Waals surface area contributed by atoms with Crippen molar-refractivity contribution in [2.75, 3.05) is 0 Å². The third-order valence-electron chi connectivity index (χ3n) is 1.21. The monoisotopic (exact) mass is 304 g/mol. The van der Waals surface area contributed by atoms with Gasteiger partial charge < -0.3 is 13.8 Å². The summed E-state index contributed by atoms with van der Waals surface area (Å²) in [6.45, 7) is 11.7. The number of rotatable bonds is 4. The quantitative estimate of drug-likeness (QED) is 0.544. The summed E-state index contributed by atoms with van der Waals surface area (Å²) in [5.74, 6) is 0. The van der Waals surface area contributed by atoms with Gasteiger partial charge in [-0.15, -0.1) is 0 Å². The first-order valence-electron chi connectivity index (χ1n) is 4.41. The van der Waals surface area contributed by atoms with E-state index >= 15 is 0 Å². The Morgan fingerprint density at radius 3 is 1.08 bits per heavy atom. The van der Waals surface area contributed by atoms with Crippen molar-refractivity contribution in [1.82, 2.24) is 0 Å². The molecule has 0 heterocycles. The fraction of sp³-hybridized carbons (Fsp3) is 0.800. The van der Waals surface area contributed by atoms with Gasteiger partial charge >= 0.3 is 17.1 Å². The SMILES string of the molecule is [CH2-]CCCC.[CH2-]CCCC.[Fe+2].[Pd]. The Morgan fingerprint density at radius 2 is 1.08 bits per heavy atom. The van der Waals surface area contributed by atoms with Gasteiger partial charge in [0.05, 0.1) is 0 Å². The molecule has 2 heteroatoms. The Bertz CT molecular complexity index is 30.8. The largest absolute Gasteiger partial charge is 2.00 e. The summed E-state index contributed by atoms with van der Waals surface area (Å²) in [6, 6.07) is 0. The van der Waals surface area contributed by atoms with Crippen LogP contribution in [-0.2, 0) is 37.5 Å². The van der Waals surface area contributed by atoms with Gasteiger partial charge in [0, 0.05) is 20.4 Å². The van der Waals surface area contributed by atoms with E-state index in [9.17, 15) is 0 Å². The summed E-state index contributed by atoms with van der Waals surface area (Å²) in [4.78, 5) is 0. The van der Waals surface area contributed by atoms with Crippen LogP contribution < -0.4 is 0 Å². The molecule has 0 bridgehead atoms. The molecule has 0 aliphatic heterocycles. The zero-order valence-electron chi connectivity index (χ0n) is 8.33. The first kappa shape index (κ1) is 23.2. The molecule has 12 heavy (non-hydrogen) atoms. The molecule has 0 nitrogen and oxygen atoms in total. The van der Waals surface area contributed by atoms with Gasteiger partial charge in [0.25, 0.3) is 0 Å². The Balaban J connectivity index is -0.0000000457. The molecule has 0 saturated carbocycles. The molecule has 0 unspecified atom stereocenters. The Morgan fingerprint density at radius 1 is 0.833 bits per heavy atom. The average Bonchev–Trinajstić information content (AvgIpc) is 1.93. The predicted octanol–water partition coefficient (Wildman–Crippen LogP) is 4.02. The van der Waals surface area contributed by atoms with Crippen molar-refractivity contribution in [1.29, 1.82) is 0 Å². The van der Waals surface area contributed by atoms with Gasteiger partial charge in [-0.25, -0.2) is 0 Å². The number of unbranched alkanes of at least 4 members (excludes halogenated alkanes) is 4. The molecule has 0 spiro atoms. The van der Waals surface area contributed by atoms with Crippen LogP contribution in [0.1, 0.15) is 52.4 Å². The van der Waals surface area contributed by atoms with Crippen molar-refractivity contribution in [2.45, 2.75) is 52.4 Å². The molecule has 80 valence electrons. The summed E-state index contributed by atoms with van der Waals surface area (Å²) in [6.07, 6.45) is 7.31. The second-order valence-corrected chi connectivity index (χ2v) is 2.41. The van der Waals surface area contributed by atoms with E-state index in [4.69, 9.17) is 0 Å². The number of hydrogen-bond donors (Lipinski definition) is 0. The maximum atomic E-state index is 3.68. The van der Waals surface area contributed by atoms with E-state index in [1.807, 2.05) is 0 Å². The molecule has 0 saturated heterocycles. The molecule has 0 fully saturated rings. The summed E-state index contributed by atoms with van der Waals surface area (Å²) in [7, 11) is 0. The fourth-order valence-corrected chi connectivity index (χ4v) is 0.500. The van der Waals surface area contributed by atoms with Crippen LogP contribution in [0.4, 0.5) is 0 Å². The third-order valence-corrected chi connectivity index (χ3v) is 1.21. The molecule has 0 N–H and O–H groups in total. The fourth-order valence-electron chi connectivity index (χ4n) is 0.500. The molecule has 0 rings (SSSR count). The van der Waals surface area contributed by atoms with E-state index in [-0.39, 0.29) is 37.5 Å². The van der Waals surface area contributed by atoms with E-state index in [2.05, 4.69) is 27.7 Å². The van der Waals surface area contributed by atoms with Crippen molar-refractivity contribution in [3.8, 4) is 0 Å². The molecule has 0 radical (unpaired) electrons. The van der Waals surface area contributed by atoms with E-state index in [0.717, 1.165) is 12.8 Å². The van der Waals surface area contributed by atoms with Crippen molar-refractivity contribution in [2.24, 2.45) is 0 Å². The van der Waals surface area contributed by atoms with Crippen LogP contribution in [0.25, 0.3) is 0 Å². The minimum absolute atomic E-state index is 0. The van der Waals surface area contributed by atoms with Crippen LogP contribution in [0.2, 0.25) is 0 Å². The van der Waals surface area contributed by atoms with Crippen LogP contribution in [0.5, 0.6) is 0 Å². The normalized spacial score (nSPS) is 7.00. The molecule has 0 aromatic carbocycles. The summed E-state index contributed by atoms with van der Waals surface area (Å²) >= 11 is 0. The number of hydrogen-bond acceptors (Lipinski definition) is 0. The van der Waals surface area contributed by atoms with Gasteiger partial charge in [0.1, 0.15) is 0 Å². The van der Waals surface area contributed by atoms with Gasteiger partial charge in [0.15, 0.2) is 0 Å². The van der Waals surface area contributed by atoms with Gasteiger partial charge in [-0.2, -0.15) is 12.8 Å². The van der Waals surface area contributed by atoms with E-state index in [0.29, 0.717) is 0 Å². The molecule has 0 atom stereocenters. The van der Waals surface area contributed by atoms with Crippen molar-refractivity contribution in [3.63, 3.8) is 0 Å². The minimum Gasteiger partial charge on any atom is -0.343 e. The average molecular weight is 305 g/mol. The Kier molecular flexibility index (Phi) is 57.1. The molecular formula is C10H22FePd. The van der Waals surface area contributed by atoms with Crippen LogP contribution in [0, 0.1) is 13.8 Å². The minimum atomic E-state index is 0. The summed E-state index contributed by atoms with van der Waals surface area (Å²) < 4.78 is 0. The standard InChI is InChI=1S/2C5H11.Fe.Pd/c2*1-3-5-4-2;;/h2*1,3-5H2,2H3;;/q2*-1;+2;. The molecular weight excluding hydrogens is 282 g/mol. The Hall–Kier alpha value is 1.18. The van der Waals surface area contributed by atoms with Crippen LogP contribution in [0.15, 0.2) is 0 Å². The second-order valence-electron chi connectivity index (χ2n) is 2.41. The molecule has 0 aliphatic rings. The van der Waals surface area contributed by atoms with Gasteiger partial charge in [0.2, 0.25) is 0 Å². The van der Waals surface area contributed by atoms with Crippen molar-refractivity contribution >= 4 is 0 Å². The van der Waals surface area contributed by atoms with Crippen molar-refractivity contribution in [3.05, 3.63) is 13.8 Å². The van der Waals surface area contributed by atoms with Crippen molar-refractivity contribution < 1.29 is 37.5 Å². The van der Waals surface area contributed by atoms with E-state index in [1.54, 1.807) is 0 Å². The summed E-state index contributed by atoms with van der Waals surface area (Å²) in [5, 5.41) is 0. The Labute approximate surface area is 103 Å². The van der Waals surface area contributed by atoms with Crippen LogP contribution in [0.3, 0.4) is 0 Å². The molecule has 0 aromatic heterocycles. The van der Waals surface area contributed by atoms with Gasteiger partial charge in [-0.1, -0.05) is 39.5 Å². The molecule has 0 amide bonds. The molecule has 0 aliphatic carbocycles. The zero-order valence-corrected chi connectivity index (χ0v) is 11.0. The topological polar surface area (TPSA) is 0 Å². The molecule has 0 aromatic rings. The zero-order chi connectivity index (χ0) is 8.24. The smallest absolute Gasteiger partial charge is 0.343 e. The maximum Gasteiger partial charge on any atom is 2.00 e. The van der Waals surface area contributed by atoms with Gasteiger partial charge in [-0.3, -0.25) is 0 Å². The van der Waals surface area contributed by atoms with Gasteiger partial charge in [-0.05, 0) is 0 Å². The predicted molar refractivity (Wildman–Crippen MR) is 49.8 cm³/mol. The van der Waals surface area contributed by atoms with Crippen LogP contribution in [-0.4, -0.2) is 0 Å². The third kappa shape index (κ3) is 43.2. The van der Waals surface area contributed by atoms with E-state index < -0.39 is 0 Å². The maximum absolute atomic E-state index is 3.68. The van der Waals surface area contributed by atoms with Crippen LogP contribution >= 0.6 is 0 Å². The summed E-state index contributed by atoms with van der Waals surface area (Å²) in [5.41, 5.74) is 0.